The summed E-state index contributed by atoms with van der Waals surface area (Å²) in [5, 5.41) is 18.6. The van der Waals surface area contributed by atoms with Crippen LogP contribution in [0.2, 0.25) is 4.34 Å². The number of carboxylic acid groups (broad SMARTS) is 1. The highest BCUT2D eigenvalue weighted by molar-refractivity contribution is 7.16. The van der Waals surface area contributed by atoms with E-state index in [0.717, 1.165) is 4.88 Å². The Bertz CT molecular complexity index is 521. The number of halogens is 1. The van der Waals surface area contributed by atoms with E-state index in [1.807, 2.05) is 6.07 Å². The van der Waals surface area contributed by atoms with Crippen LogP contribution in [-0.4, -0.2) is 57.8 Å². The minimum absolute atomic E-state index is 0.0470. The van der Waals surface area contributed by atoms with Crippen molar-refractivity contribution in [2.45, 2.75) is 25.1 Å². The van der Waals surface area contributed by atoms with Gasteiger partial charge >= 0.3 is 12.0 Å². The molecule has 2 amide bonds. The van der Waals surface area contributed by atoms with Gasteiger partial charge in [-0.1, -0.05) is 11.6 Å². The van der Waals surface area contributed by atoms with Crippen LogP contribution in [0.15, 0.2) is 12.1 Å². The van der Waals surface area contributed by atoms with E-state index in [1.165, 1.54) is 21.1 Å². The largest absolute Gasteiger partial charge is 0.480 e. The van der Waals surface area contributed by atoms with Gasteiger partial charge in [-0.05, 0) is 12.1 Å². The second kappa shape index (κ2) is 5.99. The van der Waals surface area contributed by atoms with Crippen LogP contribution in [0.1, 0.15) is 11.3 Å². The van der Waals surface area contributed by atoms with Gasteiger partial charge in [-0.3, -0.25) is 0 Å². The third-order valence-electron chi connectivity index (χ3n) is 3.16. The van der Waals surface area contributed by atoms with Crippen LogP contribution in [-0.2, 0) is 11.3 Å². The van der Waals surface area contributed by atoms with Crippen molar-refractivity contribution >= 4 is 34.9 Å². The summed E-state index contributed by atoms with van der Waals surface area (Å²) >= 11 is 7.20. The SMILES string of the molecule is CN(Cc1ccc(Cl)s1)C(=O)N1C[C@H](O)C[C@@H]1C(=O)O. The number of carbonyl (C=O) groups is 2. The summed E-state index contributed by atoms with van der Waals surface area (Å²) in [5.41, 5.74) is 0. The molecule has 0 spiro atoms. The molecule has 1 aromatic heterocycles. The van der Waals surface area contributed by atoms with Crippen molar-refractivity contribution in [1.29, 1.82) is 0 Å². The van der Waals surface area contributed by atoms with Crippen LogP contribution in [0.4, 0.5) is 4.79 Å². The van der Waals surface area contributed by atoms with Gasteiger partial charge < -0.3 is 20.0 Å². The zero-order valence-corrected chi connectivity index (χ0v) is 12.4. The Morgan fingerprint density at radius 1 is 1.55 bits per heavy atom. The van der Waals surface area contributed by atoms with E-state index in [1.54, 1.807) is 13.1 Å². The highest BCUT2D eigenvalue weighted by Gasteiger charge is 2.40. The lowest BCUT2D eigenvalue weighted by atomic mass is 10.2. The predicted molar refractivity (Wildman–Crippen MR) is 74.9 cm³/mol. The van der Waals surface area contributed by atoms with Crippen molar-refractivity contribution in [1.82, 2.24) is 9.80 Å². The van der Waals surface area contributed by atoms with Crippen LogP contribution in [0.25, 0.3) is 0 Å². The maximum Gasteiger partial charge on any atom is 0.326 e. The zero-order valence-electron chi connectivity index (χ0n) is 10.8. The molecule has 1 aliphatic rings. The van der Waals surface area contributed by atoms with Crippen LogP contribution in [0.3, 0.4) is 0 Å². The molecule has 0 aromatic carbocycles. The Kier molecular flexibility index (Phi) is 4.52. The number of amides is 2. The van der Waals surface area contributed by atoms with Crippen LogP contribution in [0.5, 0.6) is 0 Å². The summed E-state index contributed by atoms with van der Waals surface area (Å²) in [7, 11) is 1.60. The fourth-order valence-electron chi connectivity index (χ4n) is 2.22. The van der Waals surface area contributed by atoms with Gasteiger partial charge in [0.25, 0.3) is 0 Å². The number of hydrogen-bond donors (Lipinski definition) is 2. The zero-order chi connectivity index (χ0) is 14.9. The molecule has 0 saturated carbocycles. The molecule has 0 radical (unpaired) electrons. The number of hydrogen-bond acceptors (Lipinski definition) is 4. The number of carboxylic acids is 1. The van der Waals surface area contributed by atoms with Gasteiger partial charge in [-0.15, -0.1) is 11.3 Å². The lowest BCUT2D eigenvalue weighted by molar-refractivity contribution is -0.141. The molecule has 2 N–H and O–H groups in total. The third-order valence-corrected chi connectivity index (χ3v) is 4.37. The van der Waals surface area contributed by atoms with Crippen molar-refractivity contribution in [3.05, 3.63) is 21.3 Å². The van der Waals surface area contributed by atoms with E-state index in [4.69, 9.17) is 16.7 Å². The Labute approximate surface area is 125 Å². The van der Waals surface area contributed by atoms with Gasteiger partial charge in [0.05, 0.1) is 17.0 Å². The van der Waals surface area contributed by atoms with E-state index >= 15 is 0 Å². The molecule has 0 aliphatic carbocycles. The Balaban J connectivity index is 2.04. The molecule has 2 heterocycles. The molecule has 1 fully saturated rings. The lowest BCUT2D eigenvalue weighted by Gasteiger charge is -2.27. The number of rotatable bonds is 3. The molecular formula is C12H15ClN2O4S. The molecule has 2 atom stereocenters. The first-order valence-corrected chi connectivity index (χ1v) is 7.24. The molecule has 1 aliphatic heterocycles. The first-order chi connectivity index (χ1) is 9.38. The minimum Gasteiger partial charge on any atom is -0.480 e. The Morgan fingerprint density at radius 3 is 2.80 bits per heavy atom. The van der Waals surface area contributed by atoms with Crippen LogP contribution in [0, 0.1) is 0 Å². The number of thiophene rings is 1. The van der Waals surface area contributed by atoms with Crippen molar-refractivity contribution in [2.75, 3.05) is 13.6 Å². The maximum absolute atomic E-state index is 12.3. The third kappa shape index (κ3) is 3.23. The number of β-amino-alcohol motifs (C(OH)–C–C–N with tert-alkyl or cyclic N) is 1. The molecular weight excluding hydrogens is 304 g/mol. The van der Waals surface area contributed by atoms with Crippen LogP contribution >= 0.6 is 22.9 Å². The number of carbonyl (C=O) groups excluding carboxylic acids is 1. The smallest absolute Gasteiger partial charge is 0.326 e. The van der Waals surface area contributed by atoms with Gasteiger partial charge in [-0.2, -0.15) is 0 Å². The maximum atomic E-state index is 12.3. The molecule has 20 heavy (non-hydrogen) atoms. The number of aliphatic carboxylic acids is 1. The monoisotopic (exact) mass is 318 g/mol. The number of aliphatic hydroxyl groups is 1. The Morgan fingerprint density at radius 2 is 2.25 bits per heavy atom. The second-order valence-corrected chi connectivity index (χ2v) is 6.54. The fourth-order valence-corrected chi connectivity index (χ4v) is 3.36. The van der Waals surface area contributed by atoms with E-state index in [-0.39, 0.29) is 13.0 Å². The number of likely N-dealkylation sites (tertiary alicyclic amines) is 1. The Hall–Kier alpha value is -1.31. The number of nitrogens with zero attached hydrogens (tertiary/aromatic N) is 2. The number of urea groups is 1. The molecule has 1 saturated heterocycles. The van der Waals surface area contributed by atoms with Crippen molar-refractivity contribution < 1.29 is 19.8 Å². The summed E-state index contributed by atoms with van der Waals surface area (Å²) in [6.45, 7) is 0.403. The van der Waals surface area contributed by atoms with Gasteiger partial charge in [0.15, 0.2) is 0 Å². The molecule has 6 nitrogen and oxygen atoms in total. The molecule has 0 bridgehead atoms. The van der Waals surface area contributed by atoms with Gasteiger partial charge in [0.1, 0.15) is 6.04 Å². The summed E-state index contributed by atoms with van der Waals surface area (Å²) in [4.78, 5) is 26.9. The molecule has 0 unspecified atom stereocenters. The highest BCUT2D eigenvalue weighted by Crippen LogP contribution is 2.24. The first kappa shape index (κ1) is 15.1. The summed E-state index contributed by atoms with van der Waals surface area (Å²) in [5.74, 6) is -1.09. The summed E-state index contributed by atoms with van der Waals surface area (Å²) < 4.78 is 0.640. The van der Waals surface area contributed by atoms with Crippen molar-refractivity contribution in [3.8, 4) is 0 Å². The number of aliphatic hydroxyl groups excluding tert-OH is 1. The van der Waals surface area contributed by atoms with Crippen LogP contribution < -0.4 is 0 Å². The minimum atomic E-state index is -1.09. The summed E-state index contributed by atoms with van der Waals surface area (Å²) in [6, 6.07) is 2.20. The van der Waals surface area contributed by atoms with Crippen molar-refractivity contribution in [2.24, 2.45) is 0 Å². The van der Waals surface area contributed by atoms with Gasteiger partial charge in [0.2, 0.25) is 0 Å². The van der Waals surface area contributed by atoms with E-state index in [2.05, 4.69) is 0 Å². The molecule has 110 valence electrons. The summed E-state index contributed by atoms with van der Waals surface area (Å²) in [6.07, 6.45) is -0.718. The fraction of sp³-hybridized carbons (Fsp3) is 0.500. The quantitative estimate of drug-likeness (QED) is 0.884. The first-order valence-electron chi connectivity index (χ1n) is 6.05. The predicted octanol–water partition coefficient (Wildman–Crippen LogP) is 1.47. The standard InChI is InChI=1S/C12H15ClN2O4S/c1-14(6-8-2-3-10(13)20-8)12(19)15-5-7(16)4-9(15)11(17)18/h2-3,7,9,16H,4-6H2,1H3,(H,17,18)/t7-,9-/m1/s1. The lowest BCUT2D eigenvalue weighted by Crippen LogP contribution is -2.46. The molecule has 2 rings (SSSR count). The van der Waals surface area contributed by atoms with E-state index in [0.29, 0.717) is 10.9 Å². The normalized spacial score (nSPS) is 22.1. The second-order valence-electron chi connectivity index (χ2n) is 4.74. The van der Waals surface area contributed by atoms with Gasteiger partial charge in [-0.25, -0.2) is 9.59 Å². The average Bonchev–Trinajstić information content (AvgIpc) is 2.94. The average molecular weight is 319 g/mol. The van der Waals surface area contributed by atoms with E-state index < -0.39 is 24.1 Å². The topological polar surface area (TPSA) is 81.1 Å². The molecule has 1 aromatic rings. The van der Waals surface area contributed by atoms with E-state index in [9.17, 15) is 14.7 Å². The molecule has 8 heteroatoms. The van der Waals surface area contributed by atoms with Gasteiger partial charge in [0, 0.05) is 24.9 Å². The highest BCUT2D eigenvalue weighted by atomic mass is 35.5. The van der Waals surface area contributed by atoms with Crippen molar-refractivity contribution in [3.63, 3.8) is 0 Å².